The molecule has 108 valence electrons. The van der Waals surface area contributed by atoms with Crippen LogP contribution in [0.25, 0.3) is 0 Å². The van der Waals surface area contributed by atoms with E-state index in [4.69, 9.17) is 9.47 Å². The standard InChI is InChI=1S/C16H15NO4/c1-20-14-9-7-12(8-10-14)15(18)11-21-16(19)17-13-5-3-2-4-6-13/h2-10H,11H2,1H3,(H,17,19). The van der Waals surface area contributed by atoms with E-state index < -0.39 is 6.09 Å². The van der Waals surface area contributed by atoms with Gasteiger partial charge >= 0.3 is 6.09 Å². The molecule has 2 aromatic rings. The van der Waals surface area contributed by atoms with Crippen molar-refractivity contribution in [3.63, 3.8) is 0 Å². The summed E-state index contributed by atoms with van der Waals surface area (Å²) in [5.41, 5.74) is 1.07. The first-order valence-electron chi connectivity index (χ1n) is 6.35. The average Bonchev–Trinajstić information content (AvgIpc) is 2.53. The SMILES string of the molecule is COc1ccc(C(=O)COC(=O)Nc2ccccc2)cc1. The lowest BCUT2D eigenvalue weighted by atomic mass is 10.1. The number of hydrogen-bond donors (Lipinski definition) is 1. The van der Waals surface area contributed by atoms with Gasteiger partial charge in [0.1, 0.15) is 5.75 Å². The molecule has 0 spiro atoms. The van der Waals surface area contributed by atoms with E-state index in [1.807, 2.05) is 6.07 Å². The molecule has 0 saturated heterocycles. The zero-order chi connectivity index (χ0) is 15.1. The van der Waals surface area contributed by atoms with E-state index in [0.717, 1.165) is 0 Å². The van der Waals surface area contributed by atoms with Gasteiger partial charge in [0.05, 0.1) is 7.11 Å². The van der Waals surface area contributed by atoms with Crippen LogP contribution < -0.4 is 10.1 Å². The van der Waals surface area contributed by atoms with E-state index >= 15 is 0 Å². The molecule has 0 bridgehead atoms. The van der Waals surface area contributed by atoms with Gasteiger partial charge in [-0.3, -0.25) is 10.1 Å². The van der Waals surface area contributed by atoms with Gasteiger partial charge in [-0.25, -0.2) is 4.79 Å². The summed E-state index contributed by atoms with van der Waals surface area (Å²) in [5, 5.41) is 2.53. The maximum Gasteiger partial charge on any atom is 0.412 e. The van der Waals surface area contributed by atoms with Crippen LogP contribution in [0.4, 0.5) is 10.5 Å². The molecule has 5 heteroatoms. The number of nitrogens with one attached hydrogen (secondary N) is 1. The Hall–Kier alpha value is -2.82. The van der Waals surface area contributed by atoms with Crippen molar-refractivity contribution < 1.29 is 19.1 Å². The number of amides is 1. The van der Waals surface area contributed by atoms with E-state index in [-0.39, 0.29) is 12.4 Å². The fraction of sp³-hybridized carbons (Fsp3) is 0.125. The van der Waals surface area contributed by atoms with Gasteiger partial charge < -0.3 is 9.47 Å². The molecule has 0 aliphatic heterocycles. The largest absolute Gasteiger partial charge is 0.497 e. The number of Topliss-reactive ketones (excluding diaryl/α,β-unsaturated/α-hetero) is 1. The number of carbonyl (C=O) groups is 2. The summed E-state index contributed by atoms with van der Waals surface area (Å²) >= 11 is 0. The van der Waals surface area contributed by atoms with Crippen LogP contribution >= 0.6 is 0 Å². The smallest absolute Gasteiger partial charge is 0.412 e. The summed E-state index contributed by atoms with van der Waals surface area (Å²) in [4.78, 5) is 23.4. The lowest BCUT2D eigenvalue weighted by molar-refractivity contribution is 0.0863. The van der Waals surface area contributed by atoms with E-state index in [0.29, 0.717) is 17.0 Å². The van der Waals surface area contributed by atoms with Crippen molar-refractivity contribution in [1.82, 2.24) is 0 Å². The summed E-state index contributed by atoms with van der Waals surface area (Å²) in [6.45, 7) is -0.314. The van der Waals surface area contributed by atoms with Crippen LogP contribution in [0, 0.1) is 0 Å². The Balaban J connectivity index is 1.84. The highest BCUT2D eigenvalue weighted by Crippen LogP contribution is 2.12. The van der Waals surface area contributed by atoms with Crippen LogP contribution in [-0.2, 0) is 4.74 Å². The number of para-hydroxylation sites is 1. The predicted octanol–water partition coefficient (Wildman–Crippen LogP) is 3.13. The number of carbonyl (C=O) groups excluding carboxylic acids is 2. The van der Waals surface area contributed by atoms with Crippen LogP contribution in [-0.4, -0.2) is 25.6 Å². The molecule has 1 N–H and O–H groups in total. The highest BCUT2D eigenvalue weighted by Gasteiger charge is 2.10. The van der Waals surface area contributed by atoms with Crippen LogP contribution in [0.1, 0.15) is 10.4 Å². The monoisotopic (exact) mass is 285 g/mol. The minimum Gasteiger partial charge on any atom is -0.497 e. The molecular weight excluding hydrogens is 270 g/mol. The third kappa shape index (κ3) is 4.35. The van der Waals surface area contributed by atoms with Crippen LogP contribution in [0.2, 0.25) is 0 Å². The Kier molecular flexibility index (Phi) is 4.93. The Bertz CT molecular complexity index is 608. The summed E-state index contributed by atoms with van der Waals surface area (Å²) in [7, 11) is 1.55. The highest BCUT2D eigenvalue weighted by atomic mass is 16.6. The van der Waals surface area contributed by atoms with Crippen molar-refractivity contribution in [2.75, 3.05) is 19.0 Å². The third-order valence-corrected chi connectivity index (χ3v) is 2.77. The first kappa shape index (κ1) is 14.6. The molecule has 1 amide bonds. The minimum absolute atomic E-state index is 0.277. The molecule has 0 heterocycles. The molecule has 2 rings (SSSR count). The maximum absolute atomic E-state index is 11.9. The van der Waals surface area contributed by atoms with Gasteiger partial charge in [0, 0.05) is 11.3 Å². The molecule has 0 unspecified atom stereocenters. The fourth-order valence-corrected chi connectivity index (χ4v) is 1.67. The molecule has 0 aromatic heterocycles. The molecular formula is C16H15NO4. The van der Waals surface area contributed by atoms with E-state index in [2.05, 4.69) is 5.32 Å². The number of methoxy groups -OCH3 is 1. The summed E-state index contributed by atoms with van der Waals surface area (Å²) in [5.74, 6) is 0.384. The Morgan fingerprint density at radius 2 is 1.67 bits per heavy atom. The number of ketones is 1. The van der Waals surface area contributed by atoms with E-state index in [1.54, 1.807) is 55.6 Å². The van der Waals surface area contributed by atoms with Crippen molar-refractivity contribution >= 4 is 17.6 Å². The van der Waals surface area contributed by atoms with Gasteiger partial charge in [-0.05, 0) is 36.4 Å². The topological polar surface area (TPSA) is 64.6 Å². The Morgan fingerprint density at radius 3 is 2.29 bits per heavy atom. The number of benzene rings is 2. The second-order valence-electron chi connectivity index (χ2n) is 4.22. The lowest BCUT2D eigenvalue weighted by Gasteiger charge is -2.06. The number of rotatable bonds is 5. The predicted molar refractivity (Wildman–Crippen MR) is 78.7 cm³/mol. The number of hydrogen-bond acceptors (Lipinski definition) is 4. The van der Waals surface area contributed by atoms with Crippen molar-refractivity contribution in [2.24, 2.45) is 0 Å². The van der Waals surface area contributed by atoms with Gasteiger partial charge in [-0.1, -0.05) is 18.2 Å². The molecule has 0 aliphatic carbocycles. The Labute approximate surface area is 122 Å². The van der Waals surface area contributed by atoms with Gasteiger partial charge in [0.2, 0.25) is 0 Å². The fourth-order valence-electron chi connectivity index (χ4n) is 1.67. The molecule has 0 atom stereocenters. The van der Waals surface area contributed by atoms with E-state index in [1.165, 1.54) is 0 Å². The van der Waals surface area contributed by atoms with Gasteiger partial charge in [-0.15, -0.1) is 0 Å². The molecule has 0 radical (unpaired) electrons. The van der Waals surface area contributed by atoms with Gasteiger partial charge in [0.15, 0.2) is 12.4 Å². The first-order valence-corrected chi connectivity index (χ1v) is 6.35. The van der Waals surface area contributed by atoms with Gasteiger partial charge in [0.25, 0.3) is 0 Å². The maximum atomic E-state index is 11.9. The summed E-state index contributed by atoms with van der Waals surface area (Å²) in [6, 6.07) is 15.5. The highest BCUT2D eigenvalue weighted by molar-refractivity contribution is 5.98. The molecule has 0 aliphatic rings. The molecule has 0 fully saturated rings. The zero-order valence-electron chi connectivity index (χ0n) is 11.5. The summed E-state index contributed by atoms with van der Waals surface area (Å²) in [6.07, 6.45) is -0.664. The van der Waals surface area contributed by atoms with Crippen LogP contribution in [0.3, 0.4) is 0 Å². The van der Waals surface area contributed by atoms with Crippen molar-refractivity contribution in [2.45, 2.75) is 0 Å². The quantitative estimate of drug-likeness (QED) is 0.857. The zero-order valence-corrected chi connectivity index (χ0v) is 11.5. The number of anilines is 1. The second kappa shape index (κ2) is 7.09. The molecule has 0 saturated carbocycles. The third-order valence-electron chi connectivity index (χ3n) is 2.77. The van der Waals surface area contributed by atoms with Crippen LogP contribution in [0.15, 0.2) is 54.6 Å². The van der Waals surface area contributed by atoms with E-state index in [9.17, 15) is 9.59 Å². The van der Waals surface area contributed by atoms with Crippen LogP contribution in [0.5, 0.6) is 5.75 Å². The molecule has 21 heavy (non-hydrogen) atoms. The van der Waals surface area contributed by atoms with Gasteiger partial charge in [-0.2, -0.15) is 0 Å². The van der Waals surface area contributed by atoms with Crippen molar-refractivity contribution in [3.8, 4) is 5.75 Å². The van der Waals surface area contributed by atoms with Crippen molar-refractivity contribution in [3.05, 3.63) is 60.2 Å². The normalized spacial score (nSPS) is 9.76. The summed E-state index contributed by atoms with van der Waals surface area (Å²) < 4.78 is 9.89. The lowest BCUT2D eigenvalue weighted by Crippen LogP contribution is -2.18. The first-order chi connectivity index (χ1) is 10.2. The average molecular weight is 285 g/mol. The molecule has 2 aromatic carbocycles. The molecule has 5 nitrogen and oxygen atoms in total. The number of ether oxygens (including phenoxy) is 2. The van der Waals surface area contributed by atoms with Crippen molar-refractivity contribution in [1.29, 1.82) is 0 Å². The Morgan fingerprint density at radius 1 is 1.00 bits per heavy atom. The minimum atomic E-state index is -0.664. The second-order valence-corrected chi connectivity index (χ2v) is 4.22.